The first-order chi connectivity index (χ1) is 7.47. The fourth-order valence-electron chi connectivity index (χ4n) is 2.06. The van der Waals surface area contributed by atoms with Crippen molar-refractivity contribution < 1.29 is 14.7 Å². The van der Waals surface area contributed by atoms with E-state index in [4.69, 9.17) is 5.11 Å². The number of amides is 1. The zero-order valence-electron chi connectivity index (χ0n) is 9.72. The lowest BCUT2D eigenvalue weighted by atomic mass is 10.0. The molecule has 5 heteroatoms. The Balaban J connectivity index is 2.80. The van der Waals surface area contributed by atoms with Crippen molar-refractivity contribution in [3.8, 4) is 0 Å². The van der Waals surface area contributed by atoms with Gasteiger partial charge in [-0.1, -0.05) is 6.08 Å². The van der Waals surface area contributed by atoms with Crippen LogP contribution in [0.15, 0.2) is 12.7 Å². The summed E-state index contributed by atoms with van der Waals surface area (Å²) in [6, 6.07) is -0.450. The highest BCUT2D eigenvalue weighted by atomic mass is 16.4. The second-order valence-electron chi connectivity index (χ2n) is 4.18. The number of carboxylic acid groups (broad SMARTS) is 1. The average molecular weight is 226 g/mol. The quantitative estimate of drug-likeness (QED) is 0.695. The maximum absolute atomic E-state index is 12.0. The van der Waals surface area contributed by atoms with Crippen LogP contribution in [0.4, 0.5) is 0 Å². The van der Waals surface area contributed by atoms with E-state index in [9.17, 15) is 9.59 Å². The number of aliphatic carboxylic acids is 1. The topological polar surface area (TPSA) is 60.9 Å². The summed E-state index contributed by atoms with van der Waals surface area (Å²) in [5, 5.41) is 8.77. The standard InChI is InChI=1S/C11H18N2O3/c1-4-5-13-8(2)7-12(3)9(11(13)16)6-10(14)15/h4,8-9H,1,5-7H2,2-3H3,(H,14,15). The van der Waals surface area contributed by atoms with E-state index < -0.39 is 12.0 Å². The minimum absolute atomic E-state index is 0.0977. The first kappa shape index (κ1) is 12.7. The highest BCUT2D eigenvalue weighted by Crippen LogP contribution is 2.17. The molecule has 2 atom stereocenters. The van der Waals surface area contributed by atoms with Crippen molar-refractivity contribution in [2.45, 2.75) is 25.4 Å². The van der Waals surface area contributed by atoms with Crippen LogP contribution in [0.2, 0.25) is 0 Å². The second-order valence-corrected chi connectivity index (χ2v) is 4.18. The van der Waals surface area contributed by atoms with E-state index in [0.29, 0.717) is 13.1 Å². The van der Waals surface area contributed by atoms with Crippen LogP contribution in [0.1, 0.15) is 13.3 Å². The van der Waals surface area contributed by atoms with Crippen LogP contribution in [0.3, 0.4) is 0 Å². The van der Waals surface area contributed by atoms with Crippen LogP contribution in [-0.4, -0.2) is 59.0 Å². The molecule has 1 fully saturated rings. The smallest absolute Gasteiger partial charge is 0.305 e. The van der Waals surface area contributed by atoms with Gasteiger partial charge in [-0.05, 0) is 14.0 Å². The fourth-order valence-corrected chi connectivity index (χ4v) is 2.06. The minimum Gasteiger partial charge on any atom is -0.481 e. The number of carbonyl (C=O) groups excluding carboxylic acids is 1. The lowest BCUT2D eigenvalue weighted by molar-refractivity contribution is -0.150. The third-order valence-corrected chi connectivity index (χ3v) is 2.88. The summed E-state index contributed by atoms with van der Waals surface area (Å²) >= 11 is 0. The van der Waals surface area contributed by atoms with Gasteiger partial charge in [-0.25, -0.2) is 0 Å². The molecule has 0 aromatic rings. The number of hydrogen-bond acceptors (Lipinski definition) is 3. The largest absolute Gasteiger partial charge is 0.481 e. The highest BCUT2D eigenvalue weighted by Gasteiger charge is 2.37. The molecule has 90 valence electrons. The molecular formula is C11H18N2O3. The molecule has 1 aliphatic rings. The van der Waals surface area contributed by atoms with E-state index in [1.54, 1.807) is 22.9 Å². The fraction of sp³-hybridized carbons (Fsp3) is 0.636. The summed E-state index contributed by atoms with van der Waals surface area (Å²) in [6.45, 7) is 6.73. The maximum Gasteiger partial charge on any atom is 0.305 e. The van der Waals surface area contributed by atoms with Gasteiger partial charge in [0.05, 0.1) is 12.5 Å². The molecule has 16 heavy (non-hydrogen) atoms. The number of rotatable bonds is 4. The van der Waals surface area contributed by atoms with Gasteiger partial charge in [0.25, 0.3) is 0 Å². The summed E-state index contributed by atoms with van der Waals surface area (Å²) in [7, 11) is 1.78. The Bertz CT molecular complexity index is 304. The minimum atomic E-state index is -0.946. The zero-order valence-corrected chi connectivity index (χ0v) is 9.72. The molecule has 0 aromatic carbocycles. The molecule has 0 radical (unpaired) electrons. The van der Waals surface area contributed by atoms with Crippen LogP contribution in [0.25, 0.3) is 0 Å². The van der Waals surface area contributed by atoms with E-state index in [1.165, 1.54) is 0 Å². The third-order valence-electron chi connectivity index (χ3n) is 2.88. The molecule has 1 amide bonds. The van der Waals surface area contributed by atoms with E-state index in [2.05, 4.69) is 6.58 Å². The van der Waals surface area contributed by atoms with Crippen molar-refractivity contribution in [3.05, 3.63) is 12.7 Å². The molecule has 1 aliphatic heterocycles. The Morgan fingerprint density at radius 2 is 2.31 bits per heavy atom. The zero-order chi connectivity index (χ0) is 12.3. The lowest BCUT2D eigenvalue weighted by Gasteiger charge is -2.42. The lowest BCUT2D eigenvalue weighted by Crippen LogP contribution is -2.60. The molecule has 1 saturated heterocycles. The molecule has 2 unspecified atom stereocenters. The highest BCUT2D eigenvalue weighted by molar-refractivity contribution is 5.87. The number of carboxylic acids is 1. The van der Waals surface area contributed by atoms with Crippen LogP contribution in [0.5, 0.6) is 0 Å². The summed E-state index contributed by atoms with van der Waals surface area (Å²) in [5.41, 5.74) is 0. The van der Waals surface area contributed by atoms with Crippen molar-refractivity contribution in [1.29, 1.82) is 0 Å². The van der Waals surface area contributed by atoms with E-state index in [-0.39, 0.29) is 18.4 Å². The van der Waals surface area contributed by atoms with E-state index in [0.717, 1.165) is 0 Å². The molecule has 1 rings (SSSR count). The van der Waals surface area contributed by atoms with Crippen LogP contribution in [0, 0.1) is 0 Å². The van der Waals surface area contributed by atoms with Gasteiger partial charge in [0.15, 0.2) is 0 Å². The van der Waals surface area contributed by atoms with Crippen molar-refractivity contribution in [2.75, 3.05) is 20.1 Å². The SMILES string of the molecule is C=CCN1C(=O)C(CC(=O)O)N(C)CC1C. The Kier molecular flexibility index (Phi) is 4.06. The molecule has 1 heterocycles. The summed E-state index contributed by atoms with van der Waals surface area (Å²) < 4.78 is 0. The number of piperazine rings is 1. The molecule has 0 bridgehead atoms. The third kappa shape index (κ3) is 2.61. The molecule has 0 aliphatic carbocycles. The number of hydrogen-bond donors (Lipinski definition) is 1. The van der Waals surface area contributed by atoms with Gasteiger partial charge in [-0.2, -0.15) is 0 Å². The molecule has 5 nitrogen and oxygen atoms in total. The Labute approximate surface area is 95.3 Å². The van der Waals surface area contributed by atoms with Crippen LogP contribution >= 0.6 is 0 Å². The van der Waals surface area contributed by atoms with Gasteiger partial charge in [-0.15, -0.1) is 6.58 Å². The van der Waals surface area contributed by atoms with Crippen LogP contribution < -0.4 is 0 Å². The Morgan fingerprint density at radius 1 is 1.69 bits per heavy atom. The van der Waals surface area contributed by atoms with Crippen molar-refractivity contribution in [2.24, 2.45) is 0 Å². The first-order valence-corrected chi connectivity index (χ1v) is 5.30. The van der Waals surface area contributed by atoms with Gasteiger partial charge < -0.3 is 10.0 Å². The maximum atomic E-state index is 12.0. The Morgan fingerprint density at radius 3 is 2.81 bits per heavy atom. The predicted octanol–water partition coefficient (Wildman–Crippen LogP) is 0.178. The van der Waals surface area contributed by atoms with Crippen molar-refractivity contribution in [1.82, 2.24) is 9.80 Å². The summed E-state index contributed by atoms with van der Waals surface area (Å²) in [6.07, 6.45) is 1.52. The number of likely N-dealkylation sites (N-methyl/N-ethyl adjacent to an activating group) is 1. The second kappa shape index (κ2) is 5.12. The van der Waals surface area contributed by atoms with Gasteiger partial charge in [0.2, 0.25) is 5.91 Å². The van der Waals surface area contributed by atoms with Crippen LogP contribution in [-0.2, 0) is 9.59 Å². The van der Waals surface area contributed by atoms with Crippen molar-refractivity contribution in [3.63, 3.8) is 0 Å². The monoisotopic (exact) mass is 226 g/mol. The average Bonchev–Trinajstić information content (AvgIpc) is 2.19. The first-order valence-electron chi connectivity index (χ1n) is 5.30. The summed E-state index contributed by atoms with van der Waals surface area (Å²) in [5.74, 6) is -1.07. The molecular weight excluding hydrogens is 208 g/mol. The van der Waals surface area contributed by atoms with Crippen molar-refractivity contribution >= 4 is 11.9 Å². The molecule has 0 saturated carbocycles. The molecule has 0 spiro atoms. The number of carbonyl (C=O) groups is 2. The van der Waals surface area contributed by atoms with E-state index >= 15 is 0 Å². The Hall–Kier alpha value is -1.36. The summed E-state index contributed by atoms with van der Waals surface area (Å²) in [4.78, 5) is 26.2. The molecule has 0 aromatic heterocycles. The molecule has 1 N–H and O–H groups in total. The predicted molar refractivity (Wildman–Crippen MR) is 60.0 cm³/mol. The van der Waals surface area contributed by atoms with E-state index in [1.807, 2.05) is 6.92 Å². The normalized spacial score (nSPS) is 26.9. The van der Waals surface area contributed by atoms with Gasteiger partial charge in [0, 0.05) is 19.1 Å². The van der Waals surface area contributed by atoms with Gasteiger partial charge in [-0.3, -0.25) is 14.5 Å². The van der Waals surface area contributed by atoms with Gasteiger partial charge >= 0.3 is 5.97 Å². The number of nitrogens with zero attached hydrogens (tertiary/aromatic N) is 2. The van der Waals surface area contributed by atoms with Gasteiger partial charge in [0.1, 0.15) is 0 Å².